The Morgan fingerprint density at radius 2 is 2.00 bits per heavy atom. The minimum Gasteiger partial charge on any atom is -0.341 e. The molecule has 3 nitrogen and oxygen atoms in total. The number of thiazole rings is 1. The SMILES string of the molecule is Cc1csc(S[C@H](C(=O)N2CCCC2)c2ccccc2)n1. The number of rotatable bonds is 4. The zero-order chi connectivity index (χ0) is 14.7. The largest absolute Gasteiger partial charge is 0.341 e. The number of aryl methyl sites for hydroxylation is 1. The topological polar surface area (TPSA) is 33.2 Å². The molecule has 1 atom stereocenters. The van der Waals surface area contributed by atoms with Crippen LogP contribution in [0, 0.1) is 6.92 Å². The van der Waals surface area contributed by atoms with Gasteiger partial charge in [0.25, 0.3) is 0 Å². The van der Waals surface area contributed by atoms with E-state index in [-0.39, 0.29) is 11.2 Å². The normalized spacial score (nSPS) is 16.1. The van der Waals surface area contributed by atoms with Crippen LogP contribution in [-0.4, -0.2) is 28.9 Å². The molecule has 0 bridgehead atoms. The van der Waals surface area contributed by atoms with Crippen LogP contribution < -0.4 is 0 Å². The molecule has 0 radical (unpaired) electrons. The minimum atomic E-state index is -0.185. The van der Waals surface area contributed by atoms with Crippen LogP contribution in [0.2, 0.25) is 0 Å². The highest BCUT2D eigenvalue weighted by Gasteiger charge is 2.29. The number of benzene rings is 1. The summed E-state index contributed by atoms with van der Waals surface area (Å²) < 4.78 is 0.967. The molecule has 0 aliphatic carbocycles. The summed E-state index contributed by atoms with van der Waals surface area (Å²) in [7, 11) is 0. The van der Waals surface area contributed by atoms with Gasteiger partial charge in [-0.15, -0.1) is 11.3 Å². The van der Waals surface area contributed by atoms with Gasteiger partial charge in [-0.3, -0.25) is 4.79 Å². The Morgan fingerprint density at radius 3 is 2.62 bits per heavy atom. The van der Waals surface area contributed by atoms with Crippen LogP contribution >= 0.6 is 23.1 Å². The number of carbonyl (C=O) groups is 1. The molecule has 3 rings (SSSR count). The number of hydrogen-bond donors (Lipinski definition) is 0. The lowest BCUT2D eigenvalue weighted by Crippen LogP contribution is -2.31. The molecule has 1 aliphatic heterocycles. The average molecular weight is 318 g/mol. The summed E-state index contributed by atoms with van der Waals surface area (Å²) in [6.45, 7) is 3.76. The number of thioether (sulfide) groups is 1. The third kappa shape index (κ3) is 3.47. The summed E-state index contributed by atoms with van der Waals surface area (Å²) in [6.07, 6.45) is 2.24. The molecular weight excluding hydrogens is 300 g/mol. The number of aromatic nitrogens is 1. The Balaban J connectivity index is 1.85. The van der Waals surface area contributed by atoms with Crippen molar-refractivity contribution in [1.82, 2.24) is 9.88 Å². The molecule has 0 N–H and O–H groups in total. The van der Waals surface area contributed by atoms with E-state index in [0.717, 1.165) is 41.5 Å². The Labute approximate surface area is 133 Å². The van der Waals surface area contributed by atoms with E-state index in [2.05, 4.69) is 4.98 Å². The van der Waals surface area contributed by atoms with Gasteiger partial charge in [0.2, 0.25) is 5.91 Å². The van der Waals surface area contributed by atoms with Crippen molar-refractivity contribution in [2.45, 2.75) is 29.4 Å². The first-order chi connectivity index (χ1) is 10.2. The zero-order valence-corrected chi connectivity index (χ0v) is 13.6. The molecule has 5 heteroatoms. The molecule has 2 heterocycles. The fourth-order valence-corrected chi connectivity index (χ4v) is 4.60. The summed E-state index contributed by atoms with van der Waals surface area (Å²) in [5, 5.41) is 1.85. The Morgan fingerprint density at radius 1 is 1.29 bits per heavy atom. The molecule has 1 aromatic carbocycles. The lowest BCUT2D eigenvalue weighted by Gasteiger charge is -2.22. The summed E-state index contributed by atoms with van der Waals surface area (Å²) >= 11 is 3.19. The monoisotopic (exact) mass is 318 g/mol. The van der Waals surface area contributed by atoms with Crippen molar-refractivity contribution in [1.29, 1.82) is 0 Å². The van der Waals surface area contributed by atoms with Crippen LogP contribution in [-0.2, 0) is 4.79 Å². The Kier molecular flexibility index (Phi) is 4.60. The van der Waals surface area contributed by atoms with Crippen LogP contribution in [0.5, 0.6) is 0 Å². The van der Waals surface area contributed by atoms with Crippen LogP contribution in [0.3, 0.4) is 0 Å². The highest BCUT2D eigenvalue weighted by atomic mass is 32.2. The van der Waals surface area contributed by atoms with Crippen molar-refractivity contribution in [3.63, 3.8) is 0 Å². The van der Waals surface area contributed by atoms with Crippen molar-refractivity contribution < 1.29 is 4.79 Å². The highest BCUT2D eigenvalue weighted by molar-refractivity contribution is 8.01. The molecule has 0 unspecified atom stereocenters. The van der Waals surface area contributed by atoms with Crippen molar-refractivity contribution >= 4 is 29.0 Å². The van der Waals surface area contributed by atoms with Gasteiger partial charge < -0.3 is 4.90 Å². The van der Waals surface area contributed by atoms with Crippen LogP contribution in [0.1, 0.15) is 29.3 Å². The van der Waals surface area contributed by atoms with E-state index >= 15 is 0 Å². The minimum absolute atomic E-state index is 0.185. The van der Waals surface area contributed by atoms with E-state index < -0.39 is 0 Å². The maximum absolute atomic E-state index is 12.8. The van der Waals surface area contributed by atoms with Crippen LogP contribution in [0.4, 0.5) is 0 Å². The van der Waals surface area contributed by atoms with E-state index in [1.807, 2.05) is 47.5 Å². The van der Waals surface area contributed by atoms with Gasteiger partial charge in [0.1, 0.15) is 5.25 Å². The van der Waals surface area contributed by atoms with E-state index in [0.29, 0.717) is 0 Å². The Hall–Kier alpha value is -1.33. The van der Waals surface area contributed by atoms with E-state index in [4.69, 9.17) is 0 Å². The molecule has 1 aromatic heterocycles. The number of nitrogens with zero attached hydrogens (tertiary/aromatic N) is 2. The second-order valence-electron chi connectivity index (χ2n) is 5.20. The van der Waals surface area contributed by atoms with Crippen molar-refractivity contribution in [2.24, 2.45) is 0 Å². The maximum Gasteiger partial charge on any atom is 0.240 e. The molecule has 1 amide bonds. The highest BCUT2D eigenvalue weighted by Crippen LogP contribution is 2.38. The lowest BCUT2D eigenvalue weighted by molar-refractivity contribution is -0.129. The molecule has 1 aliphatic rings. The fourth-order valence-electron chi connectivity index (χ4n) is 2.48. The third-order valence-electron chi connectivity index (χ3n) is 3.56. The van der Waals surface area contributed by atoms with Gasteiger partial charge >= 0.3 is 0 Å². The van der Waals surface area contributed by atoms with E-state index in [9.17, 15) is 4.79 Å². The standard InChI is InChI=1S/C16H18N2OS2/c1-12-11-20-16(17-12)21-14(13-7-3-2-4-8-13)15(19)18-9-5-6-10-18/h2-4,7-8,11,14H,5-6,9-10H2,1H3/t14-/m0/s1. The quantitative estimate of drug-likeness (QED) is 0.801. The van der Waals surface area contributed by atoms with Crippen molar-refractivity contribution in [3.8, 4) is 0 Å². The summed E-state index contributed by atoms with van der Waals surface area (Å²) in [5.41, 5.74) is 2.08. The second kappa shape index (κ2) is 6.62. The predicted octanol–water partition coefficient (Wildman–Crippen LogP) is 3.91. The molecule has 110 valence electrons. The van der Waals surface area contributed by atoms with Gasteiger partial charge in [-0.05, 0) is 25.3 Å². The zero-order valence-electron chi connectivity index (χ0n) is 12.0. The van der Waals surface area contributed by atoms with Crippen molar-refractivity contribution in [3.05, 3.63) is 47.0 Å². The first kappa shape index (κ1) is 14.6. The van der Waals surface area contributed by atoms with Gasteiger partial charge in [0.05, 0.1) is 0 Å². The third-order valence-corrected chi connectivity index (χ3v) is 5.89. The molecule has 21 heavy (non-hydrogen) atoms. The van der Waals surface area contributed by atoms with E-state index in [1.54, 1.807) is 23.1 Å². The van der Waals surface area contributed by atoms with Crippen LogP contribution in [0.15, 0.2) is 40.1 Å². The molecule has 1 fully saturated rings. The van der Waals surface area contributed by atoms with Gasteiger partial charge in [0, 0.05) is 24.2 Å². The molecule has 2 aromatic rings. The first-order valence-electron chi connectivity index (χ1n) is 7.16. The Bertz CT molecular complexity index is 606. The molecular formula is C16H18N2OS2. The smallest absolute Gasteiger partial charge is 0.240 e. The van der Waals surface area contributed by atoms with E-state index in [1.165, 1.54) is 0 Å². The first-order valence-corrected chi connectivity index (χ1v) is 8.92. The number of amides is 1. The summed E-state index contributed by atoms with van der Waals surface area (Å²) in [6, 6.07) is 10.0. The summed E-state index contributed by atoms with van der Waals surface area (Å²) in [5.74, 6) is 0.219. The fraction of sp³-hybridized carbons (Fsp3) is 0.375. The van der Waals surface area contributed by atoms with Gasteiger partial charge in [-0.1, -0.05) is 42.1 Å². The van der Waals surface area contributed by atoms with Gasteiger partial charge in [0.15, 0.2) is 4.34 Å². The number of carbonyl (C=O) groups excluding carboxylic acids is 1. The van der Waals surface area contributed by atoms with Gasteiger partial charge in [-0.25, -0.2) is 4.98 Å². The summed E-state index contributed by atoms with van der Waals surface area (Å²) in [4.78, 5) is 19.3. The molecule has 0 saturated carbocycles. The second-order valence-corrected chi connectivity index (χ2v) is 7.41. The molecule has 0 spiro atoms. The van der Waals surface area contributed by atoms with Crippen LogP contribution in [0.25, 0.3) is 0 Å². The lowest BCUT2D eigenvalue weighted by atomic mass is 10.1. The number of hydrogen-bond acceptors (Lipinski definition) is 4. The maximum atomic E-state index is 12.8. The van der Waals surface area contributed by atoms with Gasteiger partial charge in [-0.2, -0.15) is 0 Å². The average Bonchev–Trinajstić information content (AvgIpc) is 3.16. The molecule has 1 saturated heterocycles. The van der Waals surface area contributed by atoms with Crippen molar-refractivity contribution in [2.75, 3.05) is 13.1 Å². The number of likely N-dealkylation sites (tertiary alicyclic amines) is 1. The predicted molar refractivity (Wildman–Crippen MR) is 87.7 cm³/mol.